The van der Waals surface area contributed by atoms with Gasteiger partial charge in [-0.15, -0.1) is 11.8 Å². The lowest BCUT2D eigenvalue weighted by Gasteiger charge is -2.17. The Morgan fingerprint density at radius 2 is 1.92 bits per heavy atom. The van der Waals surface area contributed by atoms with E-state index in [1.54, 1.807) is 12.1 Å². The number of hydrogen-bond acceptors (Lipinski definition) is 5. The second kappa shape index (κ2) is 7.84. The first kappa shape index (κ1) is 18.5. The van der Waals surface area contributed by atoms with E-state index in [0.29, 0.717) is 5.56 Å². The number of carbonyl (C=O) groups excluding carboxylic acids is 1. The number of nitrogens with one attached hydrogen (secondary N) is 2. The number of rotatable bonds is 6. The molecule has 0 radical (unpaired) electrons. The lowest BCUT2D eigenvalue weighted by molar-refractivity contribution is -0.137. The minimum atomic E-state index is -1.09. The summed E-state index contributed by atoms with van der Waals surface area (Å²) in [5, 5.41) is 11.6. The summed E-state index contributed by atoms with van der Waals surface area (Å²) < 4.78 is 0.772. The molecule has 1 atom stereocenters. The Bertz CT molecular complexity index is 901. The quantitative estimate of drug-likeness (QED) is 0.651. The number of carboxylic acids is 1. The fourth-order valence-electron chi connectivity index (χ4n) is 2.23. The zero-order valence-electron chi connectivity index (χ0n) is 13.6. The molecule has 1 amide bonds. The van der Waals surface area contributed by atoms with Crippen LogP contribution in [0.5, 0.6) is 0 Å². The SMILES string of the molecule is CSc1ccc(C(CC(=O)O)NC(=O)c2c[nH]c(=O)n(C)c2=O)cc1. The van der Waals surface area contributed by atoms with Crippen molar-refractivity contribution in [3.05, 3.63) is 62.4 Å². The molecule has 0 aliphatic rings. The maximum absolute atomic E-state index is 12.4. The summed E-state index contributed by atoms with van der Waals surface area (Å²) in [4.78, 5) is 50.2. The highest BCUT2D eigenvalue weighted by molar-refractivity contribution is 7.98. The van der Waals surface area contributed by atoms with Gasteiger partial charge in [0.25, 0.3) is 11.5 Å². The number of aliphatic carboxylic acids is 1. The zero-order valence-corrected chi connectivity index (χ0v) is 14.4. The smallest absolute Gasteiger partial charge is 0.328 e. The molecule has 0 aliphatic heterocycles. The number of aromatic amines is 1. The van der Waals surface area contributed by atoms with Crippen LogP contribution in [0.15, 0.2) is 44.9 Å². The van der Waals surface area contributed by atoms with E-state index < -0.39 is 29.2 Å². The van der Waals surface area contributed by atoms with Crippen LogP contribution >= 0.6 is 11.8 Å². The maximum Gasteiger partial charge on any atom is 0.328 e. The van der Waals surface area contributed by atoms with Gasteiger partial charge in [-0.1, -0.05) is 12.1 Å². The van der Waals surface area contributed by atoms with Gasteiger partial charge in [-0.3, -0.25) is 19.0 Å². The van der Waals surface area contributed by atoms with Crippen molar-refractivity contribution in [3.63, 3.8) is 0 Å². The van der Waals surface area contributed by atoms with E-state index in [1.165, 1.54) is 18.8 Å². The number of benzene rings is 1. The molecule has 0 spiro atoms. The van der Waals surface area contributed by atoms with Crippen molar-refractivity contribution in [3.8, 4) is 0 Å². The van der Waals surface area contributed by atoms with Gasteiger partial charge in [0.1, 0.15) is 5.56 Å². The van der Waals surface area contributed by atoms with Crippen LogP contribution < -0.4 is 16.6 Å². The lowest BCUT2D eigenvalue weighted by atomic mass is 10.0. The first-order valence-electron chi connectivity index (χ1n) is 7.28. The van der Waals surface area contributed by atoms with E-state index in [4.69, 9.17) is 5.11 Å². The first-order valence-corrected chi connectivity index (χ1v) is 8.51. The normalized spacial score (nSPS) is 11.8. The van der Waals surface area contributed by atoms with Gasteiger partial charge < -0.3 is 15.4 Å². The standard InChI is InChI=1S/C16H17N3O5S/c1-19-15(23)11(8-17-16(19)24)14(22)18-12(7-13(20)21)9-3-5-10(25-2)6-4-9/h3-6,8,12H,7H2,1-2H3,(H,17,24)(H,18,22)(H,20,21). The third kappa shape index (κ3) is 4.38. The highest BCUT2D eigenvalue weighted by atomic mass is 32.2. The predicted molar refractivity (Wildman–Crippen MR) is 93.0 cm³/mol. The number of H-pyrrole nitrogens is 1. The summed E-state index contributed by atoms with van der Waals surface area (Å²) in [7, 11) is 1.24. The van der Waals surface area contributed by atoms with E-state index in [0.717, 1.165) is 15.7 Å². The van der Waals surface area contributed by atoms with Crippen LogP contribution in [-0.2, 0) is 11.8 Å². The molecule has 25 heavy (non-hydrogen) atoms. The average molecular weight is 363 g/mol. The number of nitrogens with zero attached hydrogens (tertiary/aromatic N) is 1. The molecule has 8 nitrogen and oxygen atoms in total. The Morgan fingerprint density at radius 3 is 2.48 bits per heavy atom. The number of thioether (sulfide) groups is 1. The summed E-state index contributed by atoms with van der Waals surface area (Å²) in [5.74, 6) is -1.84. The highest BCUT2D eigenvalue weighted by Gasteiger charge is 2.21. The summed E-state index contributed by atoms with van der Waals surface area (Å²) in [6.45, 7) is 0. The van der Waals surface area contributed by atoms with Crippen molar-refractivity contribution in [2.24, 2.45) is 7.05 Å². The van der Waals surface area contributed by atoms with E-state index >= 15 is 0 Å². The van der Waals surface area contributed by atoms with Crippen LogP contribution in [0.3, 0.4) is 0 Å². The molecule has 0 saturated heterocycles. The van der Waals surface area contributed by atoms with Crippen molar-refractivity contribution in [1.82, 2.24) is 14.9 Å². The van der Waals surface area contributed by atoms with Crippen LogP contribution in [0.2, 0.25) is 0 Å². The monoisotopic (exact) mass is 363 g/mol. The Kier molecular flexibility index (Phi) is 5.81. The van der Waals surface area contributed by atoms with E-state index in [1.807, 2.05) is 18.4 Å². The molecule has 3 N–H and O–H groups in total. The van der Waals surface area contributed by atoms with Crippen LogP contribution in [0.25, 0.3) is 0 Å². The van der Waals surface area contributed by atoms with Crippen molar-refractivity contribution in [2.75, 3.05) is 6.26 Å². The molecule has 1 unspecified atom stereocenters. The van der Waals surface area contributed by atoms with Crippen LogP contribution in [-0.4, -0.2) is 32.8 Å². The summed E-state index contributed by atoms with van der Waals surface area (Å²) in [5.41, 5.74) is -1.06. The molecule has 2 aromatic rings. The number of carboxylic acid groups (broad SMARTS) is 1. The second-order valence-electron chi connectivity index (χ2n) is 5.27. The topological polar surface area (TPSA) is 121 Å². The predicted octanol–water partition coefficient (Wildman–Crippen LogP) is 0.741. The molecule has 1 aromatic carbocycles. The molecular formula is C16H17N3O5S. The van der Waals surface area contributed by atoms with Gasteiger partial charge in [0.05, 0.1) is 12.5 Å². The molecule has 1 aromatic heterocycles. The zero-order chi connectivity index (χ0) is 18.6. The van der Waals surface area contributed by atoms with E-state index in [9.17, 15) is 19.2 Å². The van der Waals surface area contributed by atoms with Crippen molar-refractivity contribution in [2.45, 2.75) is 17.4 Å². The Balaban J connectivity index is 2.31. The van der Waals surface area contributed by atoms with Gasteiger partial charge in [0, 0.05) is 18.1 Å². The molecule has 0 fully saturated rings. The lowest BCUT2D eigenvalue weighted by Crippen LogP contribution is -2.40. The largest absolute Gasteiger partial charge is 0.481 e. The minimum Gasteiger partial charge on any atom is -0.481 e. The minimum absolute atomic E-state index is 0.266. The Labute approximate surface area is 146 Å². The molecule has 1 heterocycles. The number of amides is 1. The molecule has 2 rings (SSSR count). The van der Waals surface area contributed by atoms with E-state index in [-0.39, 0.29) is 12.0 Å². The number of aromatic nitrogens is 2. The maximum atomic E-state index is 12.4. The number of hydrogen-bond donors (Lipinski definition) is 3. The number of carbonyl (C=O) groups is 2. The third-order valence-electron chi connectivity index (χ3n) is 3.63. The van der Waals surface area contributed by atoms with Crippen molar-refractivity contribution < 1.29 is 14.7 Å². The Morgan fingerprint density at radius 1 is 1.28 bits per heavy atom. The van der Waals surface area contributed by atoms with Gasteiger partial charge in [-0.25, -0.2) is 4.79 Å². The van der Waals surface area contributed by atoms with Gasteiger partial charge in [0.2, 0.25) is 0 Å². The van der Waals surface area contributed by atoms with E-state index in [2.05, 4.69) is 10.3 Å². The molecule has 0 saturated carbocycles. The van der Waals surface area contributed by atoms with Crippen molar-refractivity contribution >= 4 is 23.6 Å². The van der Waals surface area contributed by atoms with Crippen LogP contribution in [0.1, 0.15) is 28.4 Å². The summed E-state index contributed by atoms with van der Waals surface area (Å²) in [6.07, 6.45) is 2.60. The van der Waals surface area contributed by atoms with Gasteiger partial charge in [-0.2, -0.15) is 0 Å². The molecule has 0 aliphatic carbocycles. The van der Waals surface area contributed by atoms with Gasteiger partial charge in [0.15, 0.2) is 0 Å². The van der Waals surface area contributed by atoms with Gasteiger partial charge >= 0.3 is 11.7 Å². The van der Waals surface area contributed by atoms with Crippen molar-refractivity contribution in [1.29, 1.82) is 0 Å². The second-order valence-corrected chi connectivity index (χ2v) is 6.15. The fraction of sp³-hybridized carbons (Fsp3) is 0.250. The molecule has 132 valence electrons. The highest BCUT2D eigenvalue weighted by Crippen LogP contribution is 2.21. The third-order valence-corrected chi connectivity index (χ3v) is 4.37. The average Bonchev–Trinajstić information content (AvgIpc) is 2.58. The van der Waals surface area contributed by atoms with Crippen LogP contribution in [0.4, 0.5) is 0 Å². The summed E-state index contributed by atoms with van der Waals surface area (Å²) >= 11 is 1.54. The molecular weight excluding hydrogens is 346 g/mol. The molecule has 0 bridgehead atoms. The molecule has 9 heteroatoms. The first-order chi connectivity index (χ1) is 11.8. The van der Waals surface area contributed by atoms with Crippen LogP contribution in [0, 0.1) is 0 Å². The fourth-order valence-corrected chi connectivity index (χ4v) is 2.64. The van der Waals surface area contributed by atoms with Gasteiger partial charge in [-0.05, 0) is 24.0 Å². The Hall–Kier alpha value is -2.81. The summed E-state index contributed by atoms with van der Waals surface area (Å²) in [6, 6.07) is 6.28.